The van der Waals surface area contributed by atoms with E-state index in [1.54, 1.807) is 12.3 Å². The van der Waals surface area contributed by atoms with Crippen LogP contribution in [0.4, 0.5) is 4.39 Å². The molecule has 0 unspecified atom stereocenters. The fourth-order valence-corrected chi connectivity index (χ4v) is 3.42. The average molecular weight is 390 g/mol. The molecule has 1 N–H and O–H groups in total. The summed E-state index contributed by atoms with van der Waals surface area (Å²) in [5.74, 6) is 0.0945. The molecule has 6 nitrogen and oxygen atoms in total. The molecule has 1 saturated carbocycles. The van der Waals surface area contributed by atoms with E-state index in [4.69, 9.17) is 4.52 Å². The van der Waals surface area contributed by atoms with Gasteiger partial charge in [-0.15, -0.1) is 0 Å². The van der Waals surface area contributed by atoms with Crippen LogP contribution in [0.15, 0.2) is 53.2 Å². The minimum Gasteiger partial charge on any atom is -0.361 e. The number of aromatic nitrogens is 3. The van der Waals surface area contributed by atoms with Crippen molar-refractivity contribution in [2.75, 3.05) is 0 Å². The van der Waals surface area contributed by atoms with Crippen molar-refractivity contribution in [1.29, 1.82) is 0 Å². The Bertz CT molecular complexity index is 1220. The predicted octanol–water partition coefficient (Wildman–Crippen LogP) is 4.08. The normalized spacial score (nSPS) is 13.7. The smallest absolute Gasteiger partial charge is 0.251 e. The van der Waals surface area contributed by atoms with Gasteiger partial charge in [-0.25, -0.2) is 4.39 Å². The van der Waals surface area contributed by atoms with Gasteiger partial charge in [0.15, 0.2) is 0 Å². The first-order valence-electron chi connectivity index (χ1n) is 9.55. The largest absolute Gasteiger partial charge is 0.361 e. The number of rotatable bonds is 5. The minimum absolute atomic E-state index is 0.227. The minimum atomic E-state index is -0.430. The topological polar surface area (TPSA) is 73.0 Å². The molecule has 4 aromatic rings. The molecule has 2 aromatic heterocycles. The van der Waals surface area contributed by atoms with Crippen LogP contribution in [0, 0.1) is 12.7 Å². The third-order valence-electron chi connectivity index (χ3n) is 5.04. The van der Waals surface area contributed by atoms with Crippen LogP contribution in [0.25, 0.3) is 22.0 Å². The van der Waals surface area contributed by atoms with Crippen LogP contribution in [0.1, 0.15) is 34.7 Å². The lowest BCUT2D eigenvalue weighted by molar-refractivity contribution is 0.0950. The number of nitrogens with zero attached hydrogens (tertiary/aromatic N) is 3. The molecule has 1 fully saturated rings. The van der Waals surface area contributed by atoms with E-state index in [2.05, 4.69) is 15.6 Å². The van der Waals surface area contributed by atoms with Gasteiger partial charge in [-0.3, -0.25) is 9.48 Å². The summed E-state index contributed by atoms with van der Waals surface area (Å²) in [5.41, 5.74) is 3.57. The van der Waals surface area contributed by atoms with E-state index in [0.717, 1.165) is 40.8 Å². The van der Waals surface area contributed by atoms with Crippen molar-refractivity contribution < 1.29 is 13.7 Å². The maximum Gasteiger partial charge on any atom is 0.251 e. The van der Waals surface area contributed by atoms with E-state index >= 15 is 0 Å². The van der Waals surface area contributed by atoms with E-state index in [0.29, 0.717) is 17.7 Å². The molecule has 1 aliphatic rings. The lowest BCUT2D eigenvalue weighted by Gasteiger charge is -2.08. The number of carbonyl (C=O) groups is 1. The van der Waals surface area contributed by atoms with Crippen molar-refractivity contribution in [2.45, 2.75) is 32.4 Å². The zero-order chi connectivity index (χ0) is 20.0. The lowest BCUT2D eigenvalue weighted by atomic mass is 10.0. The Labute approximate surface area is 166 Å². The highest BCUT2D eigenvalue weighted by atomic mass is 19.1. The monoisotopic (exact) mass is 390 g/mol. The molecule has 5 rings (SSSR count). The third kappa shape index (κ3) is 3.63. The molecule has 0 aliphatic heterocycles. The molecular weight excluding hydrogens is 371 g/mol. The Morgan fingerprint density at radius 3 is 2.83 bits per heavy atom. The van der Waals surface area contributed by atoms with E-state index in [-0.39, 0.29) is 11.9 Å². The molecule has 0 radical (unpaired) electrons. The lowest BCUT2D eigenvalue weighted by Crippen LogP contribution is -2.25. The van der Waals surface area contributed by atoms with Crippen molar-refractivity contribution in [2.24, 2.45) is 0 Å². The van der Waals surface area contributed by atoms with Gasteiger partial charge >= 0.3 is 0 Å². The van der Waals surface area contributed by atoms with Crippen LogP contribution < -0.4 is 5.32 Å². The Morgan fingerprint density at radius 2 is 2.07 bits per heavy atom. The number of carbonyl (C=O) groups excluding carboxylic acids is 1. The molecule has 0 spiro atoms. The van der Waals surface area contributed by atoms with Crippen molar-refractivity contribution in [3.8, 4) is 11.1 Å². The van der Waals surface area contributed by atoms with E-state index in [1.165, 1.54) is 12.1 Å². The van der Waals surface area contributed by atoms with Crippen LogP contribution >= 0.6 is 0 Å². The van der Waals surface area contributed by atoms with Crippen molar-refractivity contribution in [1.82, 2.24) is 20.3 Å². The molecule has 7 heteroatoms. The zero-order valence-corrected chi connectivity index (χ0v) is 15.9. The van der Waals surface area contributed by atoms with Crippen molar-refractivity contribution >= 4 is 16.8 Å². The maximum absolute atomic E-state index is 14.2. The molecule has 0 saturated heterocycles. The van der Waals surface area contributed by atoms with Crippen LogP contribution in [-0.2, 0) is 6.54 Å². The first-order chi connectivity index (χ1) is 14.0. The number of hydrogen-bond donors (Lipinski definition) is 1. The number of hydrogen-bond acceptors (Lipinski definition) is 4. The predicted molar refractivity (Wildman–Crippen MR) is 106 cm³/mol. The number of nitrogens with one attached hydrogen (secondary N) is 1. The summed E-state index contributed by atoms with van der Waals surface area (Å²) in [6.07, 6.45) is 3.75. The number of benzene rings is 2. The van der Waals surface area contributed by atoms with Crippen LogP contribution in [0.5, 0.6) is 0 Å². The molecule has 2 aromatic carbocycles. The Hall–Kier alpha value is -3.48. The van der Waals surface area contributed by atoms with Crippen LogP contribution in [0.2, 0.25) is 0 Å². The average Bonchev–Trinajstić information content (AvgIpc) is 3.29. The SMILES string of the molecule is Cc1cc(Cn2ncc3cc(-c4cc(F)cc(C(=O)NC5CC5)c4)ccc32)no1. The van der Waals surface area contributed by atoms with E-state index in [9.17, 15) is 9.18 Å². The zero-order valence-electron chi connectivity index (χ0n) is 15.9. The summed E-state index contributed by atoms with van der Waals surface area (Å²) in [7, 11) is 0. The van der Waals surface area contributed by atoms with Gasteiger partial charge in [-0.1, -0.05) is 11.2 Å². The standard InChI is InChI=1S/C22H19FN4O2/c1-13-6-20(26-29-13)12-27-21-5-2-14(7-17(21)11-24-27)15-8-16(10-18(23)9-15)22(28)25-19-3-4-19/h2,5-11,19H,3-4,12H2,1H3,(H,25,28). The highest BCUT2D eigenvalue weighted by Gasteiger charge is 2.24. The second-order valence-corrected chi connectivity index (χ2v) is 7.48. The molecule has 29 heavy (non-hydrogen) atoms. The van der Waals surface area contributed by atoms with Gasteiger partial charge in [-0.05, 0) is 61.2 Å². The molecule has 0 atom stereocenters. The van der Waals surface area contributed by atoms with Gasteiger partial charge in [0.1, 0.15) is 17.3 Å². The van der Waals surface area contributed by atoms with Crippen LogP contribution in [-0.4, -0.2) is 26.9 Å². The second-order valence-electron chi connectivity index (χ2n) is 7.48. The summed E-state index contributed by atoms with van der Waals surface area (Å²) in [6, 6.07) is 12.4. The van der Waals surface area contributed by atoms with Crippen molar-refractivity contribution in [3.63, 3.8) is 0 Å². The fraction of sp³-hybridized carbons (Fsp3) is 0.227. The summed E-state index contributed by atoms with van der Waals surface area (Å²) in [5, 5.41) is 12.3. The van der Waals surface area contributed by atoms with Gasteiger partial charge in [0.25, 0.3) is 5.91 Å². The molecular formula is C22H19FN4O2. The summed E-state index contributed by atoms with van der Waals surface area (Å²) in [6.45, 7) is 2.35. The first kappa shape index (κ1) is 17.6. The molecule has 146 valence electrons. The van der Waals surface area contributed by atoms with Gasteiger partial charge < -0.3 is 9.84 Å². The summed E-state index contributed by atoms with van der Waals surface area (Å²) < 4.78 is 21.1. The Kier molecular flexibility index (Phi) is 4.16. The Balaban J connectivity index is 1.46. The maximum atomic E-state index is 14.2. The highest BCUT2D eigenvalue weighted by molar-refractivity contribution is 5.96. The van der Waals surface area contributed by atoms with Crippen LogP contribution in [0.3, 0.4) is 0 Å². The first-order valence-corrected chi connectivity index (χ1v) is 9.55. The van der Waals surface area contributed by atoms with E-state index in [1.807, 2.05) is 35.9 Å². The molecule has 0 bridgehead atoms. The third-order valence-corrected chi connectivity index (χ3v) is 5.04. The van der Waals surface area contributed by atoms with Gasteiger partial charge in [0, 0.05) is 23.1 Å². The number of halogens is 1. The number of fused-ring (bicyclic) bond motifs is 1. The highest BCUT2D eigenvalue weighted by Crippen LogP contribution is 2.27. The molecule has 1 amide bonds. The summed E-state index contributed by atoms with van der Waals surface area (Å²) in [4.78, 5) is 12.3. The fourth-order valence-electron chi connectivity index (χ4n) is 3.42. The van der Waals surface area contributed by atoms with E-state index < -0.39 is 5.82 Å². The van der Waals surface area contributed by atoms with Gasteiger partial charge in [0.2, 0.25) is 0 Å². The second kappa shape index (κ2) is 6.84. The number of aryl methyl sites for hydroxylation is 1. The van der Waals surface area contributed by atoms with Gasteiger partial charge in [-0.2, -0.15) is 5.10 Å². The summed E-state index contributed by atoms with van der Waals surface area (Å²) >= 11 is 0. The Morgan fingerprint density at radius 1 is 1.21 bits per heavy atom. The quantitative estimate of drug-likeness (QED) is 0.557. The van der Waals surface area contributed by atoms with Gasteiger partial charge in [0.05, 0.1) is 18.3 Å². The van der Waals surface area contributed by atoms with Crippen molar-refractivity contribution in [3.05, 3.63) is 71.5 Å². The molecule has 1 aliphatic carbocycles. The number of amides is 1. The molecule has 2 heterocycles.